The molecule has 0 saturated heterocycles. The van der Waals surface area contributed by atoms with Crippen molar-refractivity contribution in [3.05, 3.63) is 54.1 Å². The minimum absolute atomic E-state index is 0.0295. The quantitative estimate of drug-likeness (QED) is 0.872. The maximum atomic E-state index is 12.4. The van der Waals surface area contributed by atoms with Gasteiger partial charge in [0.05, 0.1) is 6.54 Å². The molecule has 3 rings (SSSR count). The van der Waals surface area contributed by atoms with Crippen molar-refractivity contribution in [2.75, 3.05) is 23.0 Å². The number of carbonyl (C=O) groups is 1. The second kappa shape index (κ2) is 6.44. The van der Waals surface area contributed by atoms with Gasteiger partial charge in [0.2, 0.25) is 5.91 Å². The van der Waals surface area contributed by atoms with Crippen LogP contribution in [-0.4, -0.2) is 24.7 Å². The Labute approximate surface area is 135 Å². The number of nitrogens with one attached hydrogen (secondary N) is 1. The van der Waals surface area contributed by atoms with E-state index >= 15 is 0 Å². The summed E-state index contributed by atoms with van der Waals surface area (Å²) in [6, 6.07) is 16.6. The number of para-hydroxylation sites is 1. The van der Waals surface area contributed by atoms with Gasteiger partial charge in [-0.1, -0.05) is 24.3 Å². The Hall–Kier alpha value is -1.94. The lowest BCUT2D eigenvalue weighted by Crippen LogP contribution is -2.37. The molecular formula is C18H20N2OS. The first kappa shape index (κ1) is 15.0. The molecule has 0 fully saturated rings. The molecule has 2 aromatic rings. The number of anilines is 2. The normalized spacial score (nSPS) is 16.5. The van der Waals surface area contributed by atoms with Crippen LogP contribution in [0.2, 0.25) is 0 Å². The summed E-state index contributed by atoms with van der Waals surface area (Å²) in [6.45, 7) is 2.56. The zero-order chi connectivity index (χ0) is 15.5. The van der Waals surface area contributed by atoms with E-state index < -0.39 is 0 Å². The van der Waals surface area contributed by atoms with Gasteiger partial charge in [0.25, 0.3) is 0 Å². The predicted octanol–water partition coefficient (Wildman–Crippen LogP) is 3.80. The van der Waals surface area contributed by atoms with Crippen LogP contribution >= 0.6 is 11.8 Å². The highest BCUT2D eigenvalue weighted by Crippen LogP contribution is 2.31. The van der Waals surface area contributed by atoms with Gasteiger partial charge in [0, 0.05) is 22.3 Å². The third-order valence-corrected chi connectivity index (χ3v) is 4.74. The van der Waals surface area contributed by atoms with Crippen LogP contribution in [0.25, 0.3) is 0 Å². The van der Waals surface area contributed by atoms with Crippen molar-refractivity contribution < 1.29 is 4.79 Å². The lowest BCUT2D eigenvalue weighted by Gasteiger charge is -2.24. The molecule has 2 aromatic carbocycles. The molecule has 0 aromatic heterocycles. The van der Waals surface area contributed by atoms with Crippen LogP contribution in [0.15, 0.2) is 53.4 Å². The molecule has 22 heavy (non-hydrogen) atoms. The number of hydrogen-bond acceptors (Lipinski definition) is 3. The third-order valence-electron chi connectivity index (χ3n) is 4.02. The van der Waals surface area contributed by atoms with Gasteiger partial charge in [-0.25, -0.2) is 0 Å². The third kappa shape index (κ3) is 3.12. The molecule has 1 unspecified atom stereocenters. The average molecular weight is 312 g/mol. The zero-order valence-electron chi connectivity index (χ0n) is 12.9. The Kier molecular flexibility index (Phi) is 4.39. The molecule has 0 radical (unpaired) electrons. The first-order valence-electron chi connectivity index (χ1n) is 7.46. The number of benzene rings is 2. The van der Waals surface area contributed by atoms with E-state index in [1.54, 1.807) is 11.8 Å². The van der Waals surface area contributed by atoms with Crippen molar-refractivity contribution in [3.63, 3.8) is 0 Å². The standard InChI is InChI=1S/C18H20N2OS/c1-13-10-14-6-3-4-9-17(14)20(13)12-18(21)19-15-7-5-8-16(11-15)22-2/h3-9,11,13H,10,12H2,1-2H3,(H,19,21). The van der Waals surface area contributed by atoms with Crippen LogP contribution < -0.4 is 10.2 Å². The maximum Gasteiger partial charge on any atom is 0.243 e. The summed E-state index contributed by atoms with van der Waals surface area (Å²) in [4.78, 5) is 15.7. The fourth-order valence-corrected chi connectivity index (χ4v) is 3.39. The van der Waals surface area contributed by atoms with Gasteiger partial charge in [-0.15, -0.1) is 11.8 Å². The summed E-state index contributed by atoms with van der Waals surface area (Å²) in [7, 11) is 0. The number of nitrogens with zero attached hydrogens (tertiary/aromatic N) is 1. The highest BCUT2D eigenvalue weighted by Gasteiger charge is 2.26. The van der Waals surface area contributed by atoms with Gasteiger partial charge in [-0.3, -0.25) is 4.79 Å². The first-order valence-corrected chi connectivity index (χ1v) is 8.68. The van der Waals surface area contributed by atoms with E-state index in [9.17, 15) is 4.79 Å². The average Bonchev–Trinajstić information content (AvgIpc) is 2.83. The topological polar surface area (TPSA) is 32.3 Å². The molecule has 1 heterocycles. The predicted molar refractivity (Wildman–Crippen MR) is 93.8 cm³/mol. The Morgan fingerprint density at radius 1 is 1.27 bits per heavy atom. The molecule has 3 nitrogen and oxygen atoms in total. The molecule has 1 aliphatic heterocycles. The number of carbonyl (C=O) groups excluding carboxylic acids is 1. The Bertz CT molecular complexity index is 686. The van der Waals surface area contributed by atoms with Crippen molar-refractivity contribution in [1.82, 2.24) is 0 Å². The lowest BCUT2D eigenvalue weighted by molar-refractivity contribution is -0.115. The lowest BCUT2D eigenvalue weighted by atomic mass is 10.1. The van der Waals surface area contributed by atoms with E-state index in [1.807, 2.05) is 36.6 Å². The molecule has 1 atom stereocenters. The second-order valence-corrected chi connectivity index (χ2v) is 6.47. The van der Waals surface area contributed by atoms with Crippen molar-refractivity contribution in [2.24, 2.45) is 0 Å². The van der Waals surface area contributed by atoms with Crippen LogP contribution in [-0.2, 0) is 11.2 Å². The molecule has 0 aliphatic carbocycles. The van der Waals surface area contributed by atoms with Crippen molar-refractivity contribution in [1.29, 1.82) is 0 Å². The van der Waals surface area contributed by atoms with E-state index in [4.69, 9.17) is 0 Å². The molecule has 1 amide bonds. The smallest absolute Gasteiger partial charge is 0.243 e. The Balaban J connectivity index is 1.69. The Morgan fingerprint density at radius 2 is 2.09 bits per heavy atom. The molecule has 1 N–H and O–H groups in total. The van der Waals surface area contributed by atoms with E-state index in [0.717, 1.165) is 17.0 Å². The molecule has 0 saturated carbocycles. The van der Waals surface area contributed by atoms with Gasteiger partial charge in [0.15, 0.2) is 0 Å². The molecular weight excluding hydrogens is 292 g/mol. The fraction of sp³-hybridized carbons (Fsp3) is 0.278. The number of rotatable bonds is 4. The summed E-state index contributed by atoms with van der Waals surface area (Å²) < 4.78 is 0. The van der Waals surface area contributed by atoms with Crippen LogP contribution in [0.4, 0.5) is 11.4 Å². The summed E-state index contributed by atoms with van der Waals surface area (Å²) in [5.41, 5.74) is 3.37. The van der Waals surface area contributed by atoms with E-state index in [2.05, 4.69) is 35.3 Å². The largest absolute Gasteiger partial charge is 0.359 e. The Morgan fingerprint density at radius 3 is 2.91 bits per heavy atom. The van der Waals surface area contributed by atoms with Gasteiger partial charge in [0.1, 0.15) is 0 Å². The van der Waals surface area contributed by atoms with Crippen LogP contribution in [0.3, 0.4) is 0 Å². The highest BCUT2D eigenvalue weighted by molar-refractivity contribution is 7.98. The van der Waals surface area contributed by atoms with Crippen LogP contribution in [0, 0.1) is 0 Å². The number of thioether (sulfide) groups is 1. The maximum absolute atomic E-state index is 12.4. The summed E-state index contributed by atoms with van der Waals surface area (Å²) >= 11 is 1.67. The molecule has 0 spiro atoms. The molecule has 4 heteroatoms. The van der Waals surface area contributed by atoms with Gasteiger partial charge < -0.3 is 10.2 Å². The highest BCUT2D eigenvalue weighted by atomic mass is 32.2. The number of fused-ring (bicyclic) bond motifs is 1. The van der Waals surface area contributed by atoms with Crippen molar-refractivity contribution >= 4 is 29.0 Å². The van der Waals surface area contributed by atoms with Crippen LogP contribution in [0.5, 0.6) is 0 Å². The molecule has 0 bridgehead atoms. The van der Waals surface area contributed by atoms with Crippen molar-refractivity contribution in [3.8, 4) is 0 Å². The first-order chi connectivity index (χ1) is 10.7. The second-order valence-electron chi connectivity index (χ2n) is 5.59. The SMILES string of the molecule is CSc1cccc(NC(=O)CN2c3ccccc3CC2C)c1. The van der Waals surface area contributed by atoms with Gasteiger partial charge in [-0.2, -0.15) is 0 Å². The number of hydrogen-bond donors (Lipinski definition) is 1. The van der Waals surface area contributed by atoms with E-state index in [1.165, 1.54) is 11.3 Å². The summed E-state index contributed by atoms with van der Waals surface area (Å²) in [5, 5.41) is 3.00. The summed E-state index contributed by atoms with van der Waals surface area (Å²) in [5.74, 6) is 0.0295. The summed E-state index contributed by atoms with van der Waals surface area (Å²) in [6.07, 6.45) is 3.04. The fourth-order valence-electron chi connectivity index (χ4n) is 2.93. The van der Waals surface area contributed by atoms with E-state index in [0.29, 0.717) is 12.6 Å². The van der Waals surface area contributed by atoms with Crippen molar-refractivity contribution in [2.45, 2.75) is 24.3 Å². The monoisotopic (exact) mass is 312 g/mol. The number of amides is 1. The van der Waals surface area contributed by atoms with E-state index in [-0.39, 0.29) is 5.91 Å². The van der Waals surface area contributed by atoms with Gasteiger partial charge >= 0.3 is 0 Å². The minimum atomic E-state index is 0.0295. The minimum Gasteiger partial charge on any atom is -0.359 e. The molecule has 1 aliphatic rings. The van der Waals surface area contributed by atoms with Gasteiger partial charge in [-0.05, 0) is 49.4 Å². The van der Waals surface area contributed by atoms with Crippen LogP contribution in [0.1, 0.15) is 12.5 Å². The zero-order valence-corrected chi connectivity index (χ0v) is 13.7. The molecule has 114 valence electrons.